The van der Waals surface area contributed by atoms with Gasteiger partial charge in [0.15, 0.2) is 0 Å². The molecule has 0 aliphatic carbocycles. The molecule has 0 fully saturated rings. The number of anilines is 1. The molecule has 0 heterocycles. The van der Waals surface area contributed by atoms with Gasteiger partial charge in [0.25, 0.3) is 0 Å². The zero-order chi connectivity index (χ0) is 14.5. The second-order valence-corrected chi connectivity index (χ2v) is 4.27. The highest BCUT2D eigenvalue weighted by Gasteiger charge is 2.20. The van der Waals surface area contributed by atoms with E-state index in [2.05, 4.69) is 4.74 Å². The summed E-state index contributed by atoms with van der Waals surface area (Å²) in [6.45, 7) is 0. The lowest BCUT2D eigenvalue weighted by Crippen LogP contribution is -2.33. The molecule has 0 N–H and O–H groups in total. The first-order valence-corrected chi connectivity index (χ1v) is 6.15. The van der Waals surface area contributed by atoms with Crippen LogP contribution >= 0.6 is 0 Å². The lowest BCUT2D eigenvalue weighted by molar-refractivity contribution is -0.151. The van der Waals surface area contributed by atoms with E-state index in [1.165, 1.54) is 19.1 Å². The van der Waals surface area contributed by atoms with E-state index in [-0.39, 0.29) is 0 Å². The molecule has 0 saturated heterocycles. The van der Waals surface area contributed by atoms with Gasteiger partial charge in [-0.1, -0.05) is 42.5 Å². The lowest BCUT2D eigenvalue weighted by atomic mass is 10.1. The predicted molar refractivity (Wildman–Crippen MR) is 77.3 cm³/mol. The summed E-state index contributed by atoms with van der Waals surface area (Å²) in [7, 11) is 2.73. The van der Waals surface area contributed by atoms with E-state index in [4.69, 9.17) is 0 Å². The zero-order valence-corrected chi connectivity index (χ0v) is 11.4. The van der Waals surface area contributed by atoms with Gasteiger partial charge >= 0.3 is 11.9 Å². The average molecular weight is 269 g/mol. The van der Waals surface area contributed by atoms with Crippen LogP contribution in [0.2, 0.25) is 0 Å². The summed E-state index contributed by atoms with van der Waals surface area (Å²) in [5.41, 5.74) is 2.79. The molecule has 102 valence electrons. The van der Waals surface area contributed by atoms with Gasteiger partial charge in [-0.2, -0.15) is 0 Å². The number of likely N-dealkylation sites (N-methyl/N-ethyl adjacent to an activating group) is 1. The van der Waals surface area contributed by atoms with Crippen LogP contribution in [0, 0.1) is 0 Å². The molecule has 20 heavy (non-hydrogen) atoms. The second kappa shape index (κ2) is 6.02. The Labute approximate surface area is 117 Å². The number of amides is 1. The van der Waals surface area contributed by atoms with Gasteiger partial charge in [-0.25, -0.2) is 4.79 Å². The van der Waals surface area contributed by atoms with E-state index < -0.39 is 11.9 Å². The minimum absolute atomic E-state index is 0.639. The molecule has 0 aliphatic heterocycles. The Balaban J connectivity index is 2.20. The Hall–Kier alpha value is -2.62. The maximum Gasteiger partial charge on any atom is 0.397 e. The van der Waals surface area contributed by atoms with Crippen molar-refractivity contribution in [3.05, 3.63) is 54.6 Å². The molecule has 0 unspecified atom stereocenters. The molecular formula is C16H15NO3. The summed E-state index contributed by atoms with van der Waals surface area (Å²) < 4.78 is 4.42. The van der Waals surface area contributed by atoms with Gasteiger partial charge in [0.2, 0.25) is 0 Å². The molecule has 2 aromatic rings. The molecule has 2 rings (SSSR count). The highest BCUT2D eigenvalue weighted by Crippen LogP contribution is 2.22. The largest absolute Gasteiger partial charge is 0.462 e. The Morgan fingerprint density at radius 1 is 0.900 bits per heavy atom. The zero-order valence-electron chi connectivity index (χ0n) is 11.4. The number of carbonyl (C=O) groups is 2. The van der Waals surface area contributed by atoms with Gasteiger partial charge < -0.3 is 9.64 Å². The first-order valence-electron chi connectivity index (χ1n) is 6.15. The normalized spacial score (nSPS) is 9.90. The van der Waals surface area contributed by atoms with Crippen LogP contribution in [-0.2, 0) is 14.3 Å². The van der Waals surface area contributed by atoms with E-state index in [9.17, 15) is 9.59 Å². The van der Waals surface area contributed by atoms with Crippen LogP contribution in [0.15, 0.2) is 54.6 Å². The number of hydrogen-bond donors (Lipinski definition) is 0. The molecule has 4 nitrogen and oxygen atoms in total. The Morgan fingerprint density at radius 2 is 1.45 bits per heavy atom. The fourth-order valence-corrected chi connectivity index (χ4v) is 1.85. The first kappa shape index (κ1) is 13.8. The SMILES string of the molecule is COC(=O)C(=O)N(C)c1ccc(-c2ccccc2)cc1. The van der Waals surface area contributed by atoms with Crippen LogP contribution < -0.4 is 4.90 Å². The van der Waals surface area contributed by atoms with Crippen LogP contribution in [0.25, 0.3) is 11.1 Å². The highest BCUT2D eigenvalue weighted by molar-refractivity contribution is 6.37. The predicted octanol–water partition coefficient (Wildman–Crippen LogP) is 2.49. The summed E-state index contributed by atoms with van der Waals surface area (Å²) in [5.74, 6) is -1.57. The maximum atomic E-state index is 11.7. The second-order valence-electron chi connectivity index (χ2n) is 4.27. The summed E-state index contributed by atoms with van der Waals surface area (Å²) in [6, 6.07) is 17.3. The van der Waals surface area contributed by atoms with Crippen LogP contribution in [-0.4, -0.2) is 26.0 Å². The Kier molecular flexibility index (Phi) is 4.15. The number of carbonyl (C=O) groups excluding carboxylic acids is 2. The van der Waals surface area contributed by atoms with Crippen molar-refractivity contribution < 1.29 is 14.3 Å². The summed E-state index contributed by atoms with van der Waals surface area (Å²) in [6.07, 6.45) is 0. The Bertz CT molecular complexity index is 605. The van der Waals surface area contributed by atoms with E-state index in [1.807, 2.05) is 42.5 Å². The number of hydrogen-bond acceptors (Lipinski definition) is 3. The van der Waals surface area contributed by atoms with Crippen LogP contribution in [0.5, 0.6) is 0 Å². The van der Waals surface area contributed by atoms with E-state index in [0.717, 1.165) is 11.1 Å². The summed E-state index contributed by atoms with van der Waals surface area (Å²) in [5, 5.41) is 0. The number of esters is 1. The molecule has 0 saturated carbocycles. The fraction of sp³-hybridized carbons (Fsp3) is 0.125. The van der Waals surface area contributed by atoms with Gasteiger partial charge in [-0.05, 0) is 23.3 Å². The molecule has 1 amide bonds. The summed E-state index contributed by atoms with van der Waals surface area (Å²) >= 11 is 0. The topological polar surface area (TPSA) is 46.6 Å². The fourth-order valence-electron chi connectivity index (χ4n) is 1.85. The third-order valence-corrected chi connectivity index (χ3v) is 3.03. The van der Waals surface area contributed by atoms with Crippen molar-refractivity contribution in [3.8, 4) is 11.1 Å². The van der Waals surface area contributed by atoms with Crippen molar-refractivity contribution in [1.82, 2.24) is 0 Å². The molecule has 0 atom stereocenters. The third kappa shape index (κ3) is 2.85. The monoisotopic (exact) mass is 269 g/mol. The molecule has 0 spiro atoms. The third-order valence-electron chi connectivity index (χ3n) is 3.03. The molecule has 2 aromatic carbocycles. The van der Waals surface area contributed by atoms with Crippen molar-refractivity contribution in [2.24, 2.45) is 0 Å². The lowest BCUT2D eigenvalue weighted by Gasteiger charge is -2.16. The smallest absolute Gasteiger partial charge is 0.397 e. The molecule has 0 aromatic heterocycles. The molecular weight excluding hydrogens is 254 g/mol. The summed E-state index contributed by atoms with van der Waals surface area (Å²) in [4.78, 5) is 24.1. The van der Waals surface area contributed by atoms with E-state index in [1.54, 1.807) is 12.1 Å². The molecule has 0 aliphatic rings. The number of methoxy groups -OCH3 is 1. The van der Waals surface area contributed by atoms with Crippen molar-refractivity contribution in [2.75, 3.05) is 19.1 Å². The number of ether oxygens (including phenoxy) is 1. The average Bonchev–Trinajstić information content (AvgIpc) is 2.53. The van der Waals surface area contributed by atoms with E-state index in [0.29, 0.717) is 5.69 Å². The molecule has 4 heteroatoms. The van der Waals surface area contributed by atoms with Crippen LogP contribution in [0.1, 0.15) is 0 Å². The van der Waals surface area contributed by atoms with Crippen molar-refractivity contribution in [2.45, 2.75) is 0 Å². The van der Waals surface area contributed by atoms with Gasteiger partial charge in [0.1, 0.15) is 0 Å². The number of rotatable bonds is 2. The maximum absolute atomic E-state index is 11.7. The van der Waals surface area contributed by atoms with Crippen LogP contribution in [0.4, 0.5) is 5.69 Å². The highest BCUT2D eigenvalue weighted by atomic mass is 16.5. The van der Waals surface area contributed by atoms with Gasteiger partial charge in [0.05, 0.1) is 7.11 Å². The van der Waals surface area contributed by atoms with Gasteiger partial charge in [-0.3, -0.25) is 4.79 Å². The van der Waals surface area contributed by atoms with Crippen LogP contribution in [0.3, 0.4) is 0 Å². The van der Waals surface area contributed by atoms with E-state index >= 15 is 0 Å². The van der Waals surface area contributed by atoms with Crippen molar-refractivity contribution in [3.63, 3.8) is 0 Å². The van der Waals surface area contributed by atoms with Crippen molar-refractivity contribution >= 4 is 17.6 Å². The first-order chi connectivity index (χ1) is 9.63. The van der Waals surface area contributed by atoms with Crippen molar-refractivity contribution in [1.29, 1.82) is 0 Å². The molecule has 0 radical (unpaired) electrons. The molecule has 0 bridgehead atoms. The van der Waals surface area contributed by atoms with Gasteiger partial charge in [0, 0.05) is 12.7 Å². The standard InChI is InChI=1S/C16H15NO3/c1-17(15(18)16(19)20-2)14-10-8-13(9-11-14)12-6-4-3-5-7-12/h3-11H,1-2H3. The minimum atomic E-state index is -0.875. The number of nitrogens with zero attached hydrogens (tertiary/aromatic N) is 1. The number of benzene rings is 2. The Morgan fingerprint density at radius 3 is 2.00 bits per heavy atom. The van der Waals surface area contributed by atoms with Gasteiger partial charge in [-0.15, -0.1) is 0 Å². The minimum Gasteiger partial charge on any atom is -0.462 e. The quantitative estimate of drug-likeness (QED) is 0.621.